The fourth-order valence-corrected chi connectivity index (χ4v) is 3.21. The van der Waals surface area contributed by atoms with Gasteiger partial charge in [0.05, 0.1) is 0 Å². The Morgan fingerprint density at radius 3 is 2.52 bits per heavy atom. The van der Waals surface area contributed by atoms with Gasteiger partial charge in [-0.3, -0.25) is 4.79 Å². The molecule has 1 heterocycles. The van der Waals surface area contributed by atoms with Gasteiger partial charge in [0.15, 0.2) is 6.61 Å². The summed E-state index contributed by atoms with van der Waals surface area (Å²) in [6, 6.07) is 14.2. The first kappa shape index (κ1) is 18.9. The Bertz CT molecular complexity index is 718. The lowest BCUT2D eigenvalue weighted by molar-refractivity contribution is -0.144. The van der Waals surface area contributed by atoms with E-state index in [2.05, 4.69) is 5.32 Å². The van der Waals surface area contributed by atoms with Gasteiger partial charge < -0.3 is 10.1 Å². The zero-order chi connectivity index (χ0) is 18.1. The highest BCUT2D eigenvalue weighted by atomic mass is 32.1. The van der Waals surface area contributed by atoms with Crippen molar-refractivity contribution in [3.05, 3.63) is 53.4 Å². The van der Waals surface area contributed by atoms with E-state index in [1.165, 1.54) is 6.08 Å². The lowest BCUT2D eigenvalue weighted by Gasteiger charge is -2.14. The van der Waals surface area contributed by atoms with Crippen LogP contribution in [0.5, 0.6) is 0 Å². The van der Waals surface area contributed by atoms with E-state index in [0.29, 0.717) is 0 Å². The molecule has 0 atom stereocenters. The van der Waals surface area contributed by atoms with Gasteiger partial charge in [-0.15, -0.1) is 11.3 Å². The van der Waals surface area contributed by atoms with Crippen molar-refractivity contribution in [2.45, 2.75) is 32.7 Å². The summed E-state index contributed by atoms with van der Waals surface area (Å²) in [7, 11) is 0. The van der Waals surface area contributed by atoms with Crippen LogP contribution in [0.2, 0.25) is 0 Å². The number of ether oxygens (including phenoxy) is 1. The van der Waals surface area contributed by atoms with Crippen LogP contribution in [0.15, 0.2) is 48.5 Å². The second-order valence-corrected chi connectivity index (χ2v) is 6.71. The minimum absolute atomic E-state index is 0.129. The monoisotopic (exact) mass is 357 g/mol. The second kappa shape index (κ2) is 9.79. The molecule has 1 amide bonds. The summed E-state index contributed by atoms with van der Waals surface area (Å²) in [5.41, 5.74) is 1.15. The lowest BCUT2D eigenvalue weighted by atomic mass is 10.2. The predicted octanol–water partition coefficient (Wildman–Crippen LogP) is 4.28. The van der Waals surface area contributed by atoms with E-state index in [1.54, 1.807) is 17.4 Å². The van der Waals surface area contributed by atoms with E-state index < -0.39 is 5.97 Å². The van der Waals surface area contributed by atoms with Crippen LogP contribution in [0, 0.1) is 0 Å². The van der Waals surface area contributed by atoms with E-state index in [0.717, 1.165) is 28.2 Å². The van der Waals surface area contributed by atoms with Crippen molar-refractivity contribution in [3.8, 4) is 10.4 Å². The van der Waals surface area contributed by atoms with Crippen molar-refractivity contribution in [1.29, 1.82) is 0 Å². The molecule has 2 aromatic rings. The summed E-state index contributed by atoms with van der Waals surface area (Å²) in [6.07, 6.45) is 4.78. The van der Waals surface area contributed by atoms with Crippen molar-refractivity contribution in [2.75, 3.05) is 6.61 Å². The predicted molar refractivity (Wildman–Crippen MR) is 102 cm³/mol. The number of thiophene rings is 1. The van der Waals surface area contributed by atoms with E-state index in [1.807, 2.05) is 56.3 Å². The first-order chi connectivity index (χ1) is 12.1. The van der Waals surface area contributed by atoms with Crippen molar-refractivity contribution in [3.63, 3.8) is 0 Å². The van der Waals surface area contributed by atoms with Crippen molar-refractivity contribution in [1.82, 2.24) is 5.32 Å². The Hall–Kier alpha value is -2.40. The molecule has 0 radical (unpaired) electrons. The van der Waals surface area contributed by atoms with Gasteiger partial charge in [0, 0.05) is 21.9 Å². The summed E-state index contributed by atoms with van der Waals surface area (Å²) >= 11 is 1.59. The summed E-state index contributed by atoms with van der Waals surface area (Å²) < 4.78 is 4.97. The molecule has 5 heteroatoms. The minimum Gasteiger partial charge on any atom is -0.452 e. The van der Waals surface area contributed by atoms with Crippen LogP contribution in [0.25, 0.3) is 16.5 Å². The van der Waals surface area contributed by atoms with Gasteiger partial charge >= 0.3 is 5.97 Å². The maximum Gasteiger partial charge on any atom is 0.331 e. The van der Waals surface area contributed by atoms with Crippen LogP contribution in [-0.2, 0) is 14.3 Å². The van der Waals surface area contributed by atoms with Gasteiger partial charge in [0.2, 0.25) is 0 Å². The first-order valence-electron chi connectivity index (χ1n) is 8.41. The van der Waals surface area contributed by atoms with Crippen LogP contribution < -0.4 is 5.32 Å². The standard InChI is InChI=1S/C20H23NO3S/c1-3-16(4-2)21-19(22)14-24-20(23)13-11-17-10-12-18(25-17)15-8-6-5-7-9-15/h5-13,16H,3-4,14H2,1-2H3,(H,21,22)/b13-11+. The highest BCUT2D eigenvalue weighted by molar-refractivity contribution is 7.16. The van der Waals surface area contributed by atoms with Gasteiger partial charge in [-0.1, -0.05) is 44.2 Å². The number of hydrogen-bond acceptors (Lipinski definition) is 4. The molecule has 0 aliphatic rings. The number of esters is 1. The molecule has 1 aromatic carbocycles. The number of amides is 1. The molecule has 0 bridgehead atoms. The normalized spacial score (nSPS) is 11.0. The van der Waals surface area contributed by atoms with Crippen LogP contribution in [0.3, 0.4) is 0 Å². The number of hydrogen-bond donors (Lipinski definition) is 1. The summed E-state index contributed by atoms with van der Waals surface area (Å²) in [4.78, 5) is 25.5. The highest BCUT2D eigenvalue weighted by Gasteiger charge is 2.10. The van der Waals surface area contributed by atoms with Crippen LogP contribution >= 0.6 is 11.3 Å². The summed E-state index contributed by atoms with van der Waals surface area (Å²) in [5, 5.41) is 2.83. The molecule has 0 spiro atoms. The van der Waals surface area contributed by atoms with E-state index >= 15 is 0 Å². The Labute approximate surface area is 152 Å². The summed E-state index contributed by atoms with van der Waals surface area (Å²) in [6.45, 7) is 3.77. The molecule has 0 unspecified atom stereocenters. The molecular weight excluding hydrogens is 334 g/mol. The van der Waals surface area contributed by atoms with Gasteiger partial charge in [0.25, 0.3) is 5.91 Å². The fourth-order valence-electron chi connectivity index (χ4n) is 2.30. The third kappa shape index (κ3) is 6.19. The average Bonchev–Trinajstić information content (AvgIpc) is 3.12. The van der Waals surface area contributed by atoms with Crippen molar-refractivity contribution >= 4 is 29.3 Å². The Morgan fingerprint density at radius 2 is 1.84 bits per heavy atom. The number of benzene rings is 1. The zero-order valence-electron chi connectivity index (χ0n) is 14.5. The molecule has 4 nitrogen and oxygen atoms in total. The molecule has 2 rings (SSSR count). The maximum absolute atomic E-state index is 11.7. The van der Waals surface area contributed by atoms with E-state index in [-0.39, 0.29) is 18.6 Å². The van der Waals surface area contributed by atoms with Gasteiger partial charge in [0.1, 0.15) is 0 Å². The molecule has 0 aliphatic heterocycles. The molecule has 1 aromatic heterocycles. The molecular formula is C20H23NO3S. The van der Waals surface area contributed by atoms with Gasteiger partial charge in [-0.25, -0.2) is 4.79 Å². The van der Waals surface area contributed by atoms with Crippen LogP contribution in [0.4, 0.5) is 0 Å². The van der Waals surface area contributed by atoms with Gasteiger partial charge in [-0.2, -0.15) is 0 Å². The number of carbonyl (C=O) groups excluding carboxylic acids is 2. The van der Waals surface area contributed by atoms with E-state index in [9.17, 15) is 9.59 Å². The first-order valence-corrected chi connectivity index (χ1v) is 9.23. The Morgan fingerprint density at radius 1 is 1.12 bits per heavy atom. The SMILES string of the molecule is CCC(CC)NC(=O)COC(=O)/C=C/c1ccc(-c2ccccc2)s1. The molecule has 25 heavy (non-hydrogen) atoms. The zero-order valence-corrected chi connectivity index (χ0v) is 15.3. The molecule has 1 N–H and O–H groups in total. The van der Waals surface area contributed by atoms with E-state index in [4.69, 9.17) is 4.74 Å². The number of rotatable bonds is 8. The molecule has 0 aliphatic carbocycles. The Kier molecular flexibility index (Phi) is 7.41. The number of nitrogens with one attached hydrogen (secondary N) is 1. The van der Waals surface area contributed by atoms with Crippen molar-refractivity contribution in [2.24, 2.45) is 0 Å². The highest BCUT2D eigenvalue weighted by Crippen LogP contribution is 2.28. The van der Waals surface area contributed by atoms with Crippen LogP contribution in [-0.4, -0.2) is 24.5 Å². The quantitative estimate of drug-likeness (QED) is 0.567. The van der Waals surface area contributed by atoms with Crippen molar-refractivity contribution < 1.29 is 14.3 Å². The smallest absolute Gasteiger partial charge is 0.331 e. The maximum atomic E-state index is 11.7. The largest absolute Gasteiger partial charge is 0.452 e. The molecule has 0 saturated heterocycles. The minimum atomic E-state index is -0.519. The van der Waals surface area contributed by atoms with Gasteiger partial charge in [-0.05, 0) is 36.6 Å². The molecule has 132 valence electrons. The third-order valence-corrected chi connectivity index (χ3v) is 4.86. The molecule has 0 saturated carbocycles. The Balaban J connectivity index is 1.82. The fraction of sp³-hybridized carbons (Fsp3) is 0.300. The average molecular weight is 357 g/mol. The topological polar surface area (TPSA) is 55.4 Å². The lowest BCUT2D eigenvalue weighted by Crippen LogP contribution is -2.36. The van der Waals surface area contributed by atoms with Crippen LogP contribution in [0.1, 0.15) is 31.6 Å². The third-order valence-electron chi connectivity index (χ3n) is 3.77. The summed E-state index contributed by atoms with van der Waals surface area (Å²) in [5.74, 6) is -0.785. The second-order valence-electron chi connectivity index (χ2n) is 5.59. The molecule has 0 fully saturated rings. The number of carbonyl (C=O) groups is 2.